The van der Waals surface area contributed by atoms with Gasteiger partial charge in [0.2, 0.25) is 0 Å². The number of nitrogens with zero attached hydrogens (tertiary/aromatic N) is 1. The standard InChI is InChI=1S/C20H16N2O3S/c23-20-14-4-1-2-5-15(14)21-19(18-6-3-11-26-18)22(20)13-7-8-16-17(12-13)25-10-9-24-16/h1-8,11-12,19,21H,9-10H2/t19-/m0/s1. The number of fused-ring (bicyclic) bond motifs is 2. The number of para-hydroxylation sites is 1. The molecule has 0 unspecified atom stereocenters. The lowest BCUT2D eigenvalue weighted by Gasteiger charge is -2.37. The fourth-order valence-electron chi connectivity index (χ4n) is 3.35. The molecule has 2 aliphatic rings. The lowest BCUT2D eigenvalue weighted by atomic mass is 10.1. The van der Waals surface area contributed by atoms with E-state index in [9.17, 15) is 4.79 Å². The molecule has 0 bridgehead atoms. The summed E-state index contributed by atoms with van der Waals surface area (Å²) in [7, 11) is 0. The van der Waals surface area contributed by atoms with Crippen LogP contribution in [-0.2, 0) is 0 Å². The van der Waals surface area contributed by atoms with Gasteiger partial charge >= 0.3 is 0 Å². The van der Waals surface area contributed by atoms with Crippen molar-refractivity contribution in [3.8, 4) is 11.5 Å². The molecule has 0 aliphatic carbocycles. The third-order valence-corrected chi connectivity index (χ3v) is 5.47. The van der Waals surface area contributed by atoms with Crippen molar-refractivity contribution in [2.75, 3.05) is 23.4 Å². The fourth-order valence-corrected chi connectivity index (χ4v) is 4.11. The van der Waals surface area contributed by atoms with Crippen molar-refractivity contribution >= 4 is 28.6 Å². The molecule has 0 saturated carbocycles. The summed E-state index contributed by atoms with van der Waals surface area (Å²) < 4.78 is 11.3. The van der Waals surface area contributed by atoms with Gasteiger partial charge in [0.05, 0.1) is 11.3 Å². The largest absolute Gasteiger partial charge is 0.486 e. The van der Waals surface area contributed by atoms with Crippen LogP contribution in [0.3, 0.4) is 0 Å². The molecular formula is C20H16N2O3S. The Balaban J connectivity index is 1.63. The van der Waals surface area contributed by atoms with Crippen LogP contribution in [-0.4, -0.2) is 19.1 Å². The zero-order valence-corrected chi connectivity index (χ0v) is 14.7. The molecule has 5 nitrogen and oxygen atoms in total. The van der Waals surface area contributed by atoms with E-state index in [0.29, 0.717) is 30.3 Å². The molecule has 5 rings (SSSR count). The van der Waals surface area contributed by atoms with E-state index in [1.54, 1.807) is 16.2 Å². The van der Waals surface area contributed by atoms with Gasteiger partial charge in [0.25, 0.3) is 5.91 Å². The van der Waals surface area contributed by atoms with Crippen LogP contribution in [0, 0.1) is 0 Å². The maximum atomic E-state index is 13.3. The molecular weight excluding hydrogens is 348 g/mol. The molecule has 26 heavy (non-hydrogen) atoms. The van der Waals surface area contributed by atoms with Crippen molar-refractivity contribution in [3.05, 3.63) is 70.4 Å². The molecule has 0 radical (unpaired) electrons. The predicted molar refractivity (Wildman–Crippen MR) is 101 cm³/mol. The lowest BCUT2D eigenvalue weighted by Crippen LogP contribution is -2.42. The van der Waals surface area contributed by atoms with Crippen molar-refractivity contribution in [1.29, 1.82) is 0 Å². The van der Waals surface area contributed by atoms with Crippen LogP contribution in [0.15, 0.2) is 60.0 Å². The smallest absolute Gasteiger partial charge is 0.262 e. The summed E-state index contributed by atoms with van der Waals surface area (Å²) in [5.41, 5.74) is 2.29. The van der Waals surface area contributed by atoms with Gasteiger partial charge in [-0.15, -0.1) is 11.3 Å². The highest BCUT2D eigenvalue weighted by Crippen LogP contribution is 2.41. The molecule has 1 atom stereocenters. The maximum Gasteiger partial charge on any atom is 0.262 e. The number of carbonyl (C=O) groups is 1. The number of nitrogens with one attached hydrogen (secondary N) is 1. The van der Waals surface area contributed by atoms with E-state index >= 15 is 0 Å². The third kappa shape index (κ3) is 2.42. The summed E-state index contributed by atoms with van der Waals surface area (Å²) in [6.07, 6.45) is -0.264. The minimum atomic E-state index is -0.264. The van der Waals surface area contributed by atoms with Crippen LogP contribution in [0.5, 0.6) is 11.5 Å². The summed E-state index contributed by atoms with van der Waals surface area (Å²) in [4.78, 5) is 16.2. The average Bonchev–Trinajstić information content (AvgIpc) is 3.22. The number of rotatable bonds is 2. The van der Waals surface area contributed by atoms with Crippen LogP contribution < -0.4 is 19.7 Å². The number of benzene rings is 2. The molecule has 130 valence electrons. The van der Waals surface area contributed by atoms with Gasteiger partial charge in [0, 0.05) is 16.6 Å². The first-order chi connectivity index (χ1) is 12.8. The monoisotopic (exact) mass is 364 g/mol. The second-order valence-corrected chi connectivity index (χ2v) is 7.09. The summed E-state index contributed by atoms with van der Waals surface area (Å²) in [6.45, 7) is 1.06. The summed E-state index contributed by atoms with van der Waals surface area (Å²) in [6, 6.07) is 17.3. The van der Waals surface area contributed by atoms with Crippen LogP contribution in [0.1, 0.15) is 21.4 Å². The first kappa shape index (κ1) is 15.3. The van der Waals surface area contributed by atoms with E-state index in [4.69, 9.17) is 9.47 Å². The highest BCUT2D eigenvalue weighted by molar-refractivity contribution is 7.10. The second-order valence-electron chi connectivity index (χ2n) is 6.11. The SMILES string of the molecule is O=C1c2ccccc2N[C@H](c2cccs2)N1c1ccc2c(c1)OCCO2. The number of amides is 1. The Morgan fingerprint density at radius 3 is 2.69 bits per heavy atom. The zero-order chi connectivity index (χ0) is 17.5. The van der Waals surface area contributed by atoms with Crippen LogP contribution >= 0.6 is 11.3 Å². The van der Waals surface area contributed by atoms with Crippen molar-refractivity contribution in [1.82, 2.24) is 0 Å². The Morgan fingerprint density at radius 2 is 1.85 bits per heavy atom. The van der Waals surface area contributed by atoms with Gasteiger partial charge in [0.15, 0.2) is 11.5 Å². The molecule has 1 aromatic heterocycles. The molecule has 0 fully saturated rings. The van der Waals surface area contributed by atoms with Gasteiger partial charge in [-0.3, -0.25) is 9.69 Å². The van der Waals surface area contributed by atoms with E-state index in [1.165, 1.54) is 0 Å². The first-order valence-corrected chi connectivity index (χ1v) is 9.31. The number of thiophene rings is 1. The topological polar surface area (TPSA) is 50.8 Å². The lowest BCUT2D eigenvalue weighted by molar-refractivity contribution is 0.0975. The highest BCUT2D eigenvalue weighted by Gasteiger charge is 2.35. The van der Waals surface area contributed by atoms with Crippen molar-refractivity contribution < 1.29 is 14.3 Å². The molecule has 3 aromatic rings. The van der Waals surface area contributed by atoms with Gasteiger partial charge in [-0.1, -0.05) is 18.2 Å². The Morgan fingerprint density at radius 1 is 1.00 bits per heavy atom. The average molecular weight is 364 g/mol. The third-order valence-electron chi connectivity index (χ3n) is 4.54. The Hall–Kier alpha value is -2.99. The quantitative estimate of drug-likeness (QED) is 0.737. The molecule has 3 heterocycles. The van der Waals surface area contributed by atoms with Crippen molar-refractivity contribution in [2.24, 2.45) is 0 Å². The van der Waals surface area contributed by atoms with Crippen LogP contribution in [0.4, 0.5) is 11.4 Å². The molecule has 2 aliphatic heterocycles. The van der Waals surface area contributed by atoms with E-state index < -0.39 is 0 Å². The Labute approximate surface area is 154 Å². The van der Waals surface area contributed by atoms with E-state index in [0.717, 1.165) is 16.3 Å². The fraction of sp³-hybridized carbons (Fsp3) is 0.150. The normalized spacial score (nSPS) is 18.2. The number of ether oxygens (including phenoxy) is 2. The molecule has 2 aromatic carbocycles. The van der Waals surface area contributed by atoms with Gasteiger partial charge in [-0.05, 0) is 35.7 Å². The number of hydrogen-bond donors (Lipinski definition) is 1. The van der Waals surface area contributed by atoms with E-state index in [2.05, 4.69) is 5.32 Å². The second kappa shape index (κ2) is 6.07. The van der Waals surface area contributed by atoms with Gasteiger partial charge in [-0.25, -0.2) is 0 Å². The summed E-state index contributed by atoms with van der Waals surface area (Å²) in [5.74, 6) is 1.35. The Kier molecular flexibility index (Phi) is 3.57. The van der Waals surface area contributed by atoms with E-state index in [-0.39, 0.29) is 12.1 Å². The minimum Gasteiger partial charge on any atom is -0.486 e. The summed E-state index contributed by atoms with van der Waals surface area (Å²) >= 11 is 1.62. The van der Waals surface area contributed by atoms with Gasteiger partial charge in [-0.2, -0.15) is 0 Å². The zero-order valence-electron chi connectivity index (χ0n) is 13.8. The van der Waals surface area contributed by atoms with Gasteiger partial charge < -0.3 is 14.8 Å². The van der Waals surface area contributed by atoms with Crippen molar-refractivity contribution in [2.45, 2.75) is 6.17 Å². The number of carbonyl (C=O) groups excluding carboxylic acids is 1. The summed E-state index contributed by atoms with van der Waals surface area (Å²) in [5, 5.41) is 5.52. The molecule has 6 heteroatoms. The van der Waals surface area contributed by atoms with E-state index in [1.807, 2.05) is 60.0 Å². The maximum absolute atomic E-state index is 13.3. The molecule has 0 saturated heterocycles. The predicted octanol–water partition coefficient (Wildman–Crippen LogP) is 4.29. The first-order valence-electron chi connectivity index (χ1n) is 8.43. The number of hydrogen-bond acceptors (Lipinski definition) is 5. The number of anilines is 2. The highest BCUT2D eigenvalue weighted by atomic mass is 32.1. The van der Waals surface area contributed by atoms with Crippen molar-refractivity contribution in [3.63, 3.8) is 0 Å². The molecule has 0 spiro atoms. The Bertz CT molecular complexity index is 971. The molecule has 1 N–H and O–H groups in total. The molecule has 1 amide bonds. The minimum absolute atomic E-state index is 0.0329. The van der Waals surface area contributed by atoms with Crippen LogP contribution in [0.2, 0.25) is 0 Å². The van der Waals surface area contributed by atoms with Gasteiger partial charge in [0.1, 0.15) is 19.4 Å². The van der Waals surface area contributed by atoms with Crippen LogP contribution in [0.25, 0.3) is 0 Å².